The molecule has 25 heavy (non-hydrogen) atoms. The third-order valence-electron chi connectivity index (χ3n) is 7.04. The number of carbonyl (C=O) groups is 1. The molecule has 4 bridgehead atoms. The van der Waals surface area contributed by atoms with Gasteiger partial charge in [-0.3, -0.25) is 4.79 Å². The van der Waals surface area contributed by atoms with Crippen LogP contribution in [0.3, 0.4) is 0 Å². The summed E-state index contributed by atoms with van der Waals surface area (Å²) in [5.41, 5.74) is 3.00. The average molecular weight is 337 g/mol. The number of rotatable bonds is 3. The fraction of sp³-hybridized carbons (Fsp3) is 0.591. The maximum Gasteiger partial charge on any atom is 0.168 e. The fourth-order valence-corrected chi connectivity index (χ4v) is 6.29. The summed E-state index contributed by atoms with van der Waals surface area (Å²) in [6.45, 7) is 0.435. The number of ether oxygens (including phenoxy) is 1. The van der Waals surface area contributed by atoms with Gasteiger partial charge in [0.15, 0.2) is 5.78 Å². The zero-order valence-electron chi connectivity index (χ0n) is 15.3. The van der Waals surface area contributed by atoms with Crippen molar-refractivity contribution in [1.82, 2.24) is 0 Å². The van der Waals surface area contributed by atoms with Gasteiger partial charge in [0.05, 0.1) is 0 Å². The van der Waals surface area contributed by atoms with E-state index in [9.17, 15) is 4.79 Å². The number of fused-ring (bicyclic) bond motifs is 1. The molecule has 0 N–H and O–H groups in total. The van der Waals surface area contributed by atoms with Gasteiger partial charge in [-0.2, -0.15) is 0 Å². The lowest BCUT2D eigenvalue weighted by Gasteiger charge is -2.56. The van der Waals surface area contributed by atoms with Crippen LogP contribution in [0.1, 0.15) is 44.1 Å². The van der Waals surface area contributed by atoms with E-state index in [2.05, 4.69) is 29.2 Å². The minimum atomic E-state index is -0.0645. The Kier molecular flexibility index (Phi) is 3.32. The van der Waals surface area contributed by atoms with E-state index < -0.39 is 0 Å². The Morgan fingerprint density at radius 1 is 1.08 bits per heavy atom. The van der Waals surface area contributed by atoms with Gasteiger partial charge in [0.2, 0.25) is 0 Å². The van der Waals surface area contributed by atoms with Crippen LogP contribution in [0.5, 0.6) is 5.75 Å². The van der Waals surface area contributed by atoms with Crippen LogP contribution in [0.4, 0.5) is 5.69 Å². The van der Waals surface area contributed by atoms with Crippen LogP contribution in [0.25, 0.3) is 6.08 Å². The van der Waals surface area contributed by atoms with Gasteiger partial charge in [-0.1, -0.05) is 0 Å². The molecule has 4 aliphatic carbocycles. The first kappa shape index (κ1) is 15.5. The van der Waals surface area contributed by atoms with Crippen molar-refractivity contribution >= 4 is 17.5 Å². The number of hydrogen-bond donors (Lipinski definition) is 0. The van der Waals surface area contributed by atoms with Crippen molar-refractivity contribution in [3.8, 4) is 5.75 Å². The average Bonchev–Trinajstić information content (AvgIpc) is 2.59. The van der Waals surface area contributed by atoms with Crippen LogP contribution < -0.4 is 9.64 Å². The highest BCUT2D eigenvalue weighted by Crippen LogP contribution is 2.61. The van der Waals surface area contributed by atoms with Crippen LogP contribution >= 0.6 is 0 Å². The summed E-state index contributed by atoms with van der Waals surface area (Å²) in [6.07, 6.45) is 9.60. The third-order valence-corrected chi connectivity index (χ3v) is 7.04. The summed E-state index contributed by atoms with van der Waals surface area (Å²) < 4.78 is 6.00. The fourth-order valence-electron chi connectivity index (χ4n) is 6.29. The largest absolute Gasteiger partial charge is 0.488 e. The molecule has 4 saturated carbocycles. The maximum atomic E-state index is 13.5. The third kappa shape index (κ3) is 2.43. The Balaban J connectivity index is 1.45. The van der Waals surface area contributed by atoms with E-state index in [-0.39, 0.29) is 5.41 Å². The monoisotopic (exact) mass is 337 g/mol. The molecular weight excluding hydrogens is 310 g/mol. The van der Waals surface area contributed by atoms with Crippen molar-refractivity contribution in [3.63, 3.8) is 0 Å². The Bertz CT molecular complexity index is 726. The lowest BCUT2D eigenvalue weighted by atomic mass is 9.48. The van der Waals surface area contributed by atoms with Crippen LogP contribution in [0, 0.1) is 23.2 Å². The van der Waals surface area contributed by atoms with Gasteiger partial charge < -0.3 is 9.64 Å². The van der Waals surface area contributed by atoms with Crippen molar-refractivity contribution in [2.75, 3.05) is 25.6 Å². The van der Waals surface area contributed by atoms with E-state index in [1.807, 2.05) is 14.1 Å². The number of ketones is 1. The SMILES string of the molecule is CN(C)c1ccc2c(c1)OCC(C(=O)C13CC4CC(CC(C4)C1)C3)=C2. The molecule has 3 heteroatoms. The first-order chi connectivity index (χ1) is 12.0. The van der Waals surface area contributed by atoms with Gasteiger partial charge in [0, 0.05) is 42.4 Å². The zero-order chi connectivity index (χ0) is 17.2. The van der Waals surface area contributed by atoms with Crippen molar-refractivity contribution in [3.05, 3.63) is 29.3 Å². The predicted octanol–water partition coefficient (Wildman–Crippen LogP) is 4.31. The lowest BCUT2D eigenvalue weighted by molar-refractivity contribution is -0.140. The minimum absolute atomic E-state index is 0.0645. The first-order valence-electron chi connectivity index (χ1n) is 9.72. The van der Waals surface area contributed by atoms with Crippen LogP contribution in [-0.4, -0.2) is 26.5 Å². The number of Topliss-reactive ketones (excluding diaryl/α,β-unsaturated/α-hetero) is 1. The molecule has 0 amide bonds. The molecule has 0 aromatic heterocycles. The second kappa shape index (κ2) is 5.36. The molecule has 6 rings (SSSR count). The molecule has 0 saturated heterocycles. The number of nitrogens with zero attached hydrogens (tertiary/aromatic N) is 1. The molecule has 0 spiro atoms. The normalized spacial score (nSPS) is 35.0. The molecule has 0 atom stereocenters. The molecule has 1 aromatic carbocycles. The highest BCUT2D eigenvalue weighted by Gasteiger charge is 2.54. The number of benzene rings is 1. The number of anilines is 1. The quantitative estimate of drug-likeness (QED) is 0.823. The molecular formula is C22H27NO2. The summed E-state index contributed by atoms with van der Waals surface area (Å²) >= 11 is 0. The standard InChI is InChI=1S/C22H27NO2/c1-23(2)19-4-3-17-8-18(13-25-20(17)9-19)21(24)22-10-14-5-15(11-22)7-16(6-14)12-22/h3-4,8-9,14-16H,5-7,10-13H2,1-2H3. The Hall–Kier alpha value is -1.77. The second-order valence-corrected chi connectivity index (χ2v) is 9.10. The van der Waals surface area contributed by atoms with Gasteiger partial charge in [-0.25, -0.2) is 0 Å². The molecule has 0 radical (unpaired) electrons. The van der Waals surface area contributed by atoms with Crippen molar-refractivity contribution in [2.24, 2.45) is 23.2 Å². The van der Waals surface area contributed by atoms with Crippen molar-refractivity contribution in [1.29, 1.82) is 0 Å². The van der Waals surface area contributed by atoms with Crippen molar-refractivity contribution < 1.29 is 9.53 Å². The van der Waals surface area contributed by atoms with E-state index in [0.29, 0.717) is 12.4 Å². The molecule has 1 heterocycles. The molecule has 1 aliphatic heterocycles. The van der Waals surface area contributed by atoms with Crippen LogP contribution in [-0.2, 0) is 4.79 Å². The number of carbonyl (C=O) groups excluding carboxylic acids is 1. The van der Waals surface area contributed by atoms with Crippen LogP contribution in [0.2, 0.25) is 0 Å². The molecule has 3 nitrogen and oxygen atoms in total. The van der Waals surface area contributed by atoms with E-state index in [1.165, 1.54) is 19.3 Å². The lowest BCUT2D eigenvalue weighted by Crippen LogP contribution is -2.50. The summed E-state index contributed by atoms with van der Waals surface area (Å²) in [5.74, 6) is 3.70. The van der Waals surface area contributed by atoms with E-state index in [1.54, 1.807) is 0 Å². The smallest absolute Gasteiger partial charge is 0.168 e. The summed E-state index contributed by atoms with van der Waals surface area (Å²) in [6, 6.07) is 6.24. The highest BCUT2D eigenvalue weighted by atomic mass is 16.5. The maximum absolute atomic E-state index is 13.5. The van der Waals surface area contributed by atoms with Gasteiger partial charge in [-0.05, 0) is 74.5 Å². The molecule has 132 valence electrons. The number of hydrogen-bond acceptors (Lipinski definition) is 3. The predicted molar refractivity (Wildman–Crippen MR) is 99.9 cm³/mol. The molecule has 1 aromatic rings. The Labute approximate surface area is 150 Å². The van der Waals surface area contributed by atoms with Crippen molar-refractivity contribution in [2.45, 2.75) is 38.5 Å². The Morgan fingerprint density at radius 3 is 2.32 bits per heavy atom. The topological polar surface area (TPSA) is 29.5 Å². The van der Waals surface area contributed by atoms with Crippen LogP contribution in [0.15, 0.2) is 23.8 Å². The van der Waals surface area contributed by atoms with E-state index in [4.69, 9.17) is 4.74 Å². The minimum Gasteiger partial charge on any atom is -0.488 e. The first-order valence-corrected chi connectivity index (χ1v) is 9.72. The highest BCUT2D eigenvalue weighted by molar-refractivity contribution is 6.04. The second-order valence-electron chi connectivity index (χ2n) is 9.10. The van der Waals surface area contributed by atoms with Gasteiger partial charge in [-0.15, -0.1) is 0 Å². The molecule has 4 fully saturated rings. The van der Waals surface area contributed by atoms with E-state index >= 15 is 0 Å². The van der Waals surface area contributed by atoms with Gasteiger partial charge in [0.25, 0.3) is 0 Å². The molecule has 5 aliphatic rings. The summed E-state index contributed by atoms with van der Waals surface area (Å²) in [4.78, 5) is 15.6. The summed E-state index contributed by atoms with van der Waals surface area (Å²) in [7, 11) is 4.06. The van der Waals surface area contributed by atoms with E-state index in [0.717, 1.165) is 59.6 Å². The molecule has 0 unspecified atom stereocenters. The zero-order valence-corrected chi connectivity index (χ0v) is 15.3. The summed E-state index contributed by atoms with van der Waals surface area (Å²) in [5, 5.41) is 0. The Morgan fingerprint density at radius 2 is 1.72 bits per heavy atom. The van der Waals surface area contributed by atoms with Gasteiger partial charge in [0.1, 0.15) is 12.4 Å². The van der Waals surface area contributed by atoms with Gasteiger partial charge >= 0.3 is 0 Å².